The molecule has 4 aromatic rings. The Bertz CT molecular complexity index is 1250. The number of carbonyl (C=O) groups excluding carboxylic acids is 1. The van der Waals surface area contributed by atoms with E-state index in [4.69, 9.17) is 32.7 Å². The highest BCUT2D eigenvalue weighted by Crippen LogP contribution is 2.32. The minimum absolute atomic E-state index is 0.240. The van der Waals surface area contributed by atoms with Crippen LogP contribution in [0.5, 0.6) is 11.5 Å². The second-order valence-corrected chi connectivity index (χ2v) is 7.46. The van der Waals surface area contributed by atoms with Crippen molar-refractivity contribution in [3.63, 3.8) is 0 Å². The second kappa shape index (κ2) is 8.83. The van der Waals surface area contributed by atoms with Gasteiger partial charge in [-0.3, -0.25) is 9.78 Å². The highest BCUT2D eigenvalue weighted by atomic mass is 35.5. The van der Waals surface area contributed by atoms with Gasteiger partial charge in [-0.1, -0.05) is 41.4 Å². The summed E-state index contributed by atoms with van der Waals surface area (Å²) in [6.07, 6.45) is 3.31. The number of para-hydroxylation sites is 1. The molecule has 0 unspecified atom stereocenters. The zero-order valence-electron chi connectivity index (χ0n) is 16.7. The van der Waals surface area contributed by atoms with Crippen LogP contribution in [0.25, 0.3) is 11.0 Å². The minimum atomic E-state index is -0.405. The Labute approximate surface area is 188 Å². The van der Waals surface area contributed by atoms with Crippen LogP contribution in [0, 0.1) is 0 Å². The van der Waals surface area contributed by atoms with Crippen molar-refractivity contribution < 1.29 is 14.3 Å². The van der Waals surface area contributed by atoms with Gasteiger partial charge in [0.2, 0.25) is 0 Å². The fourth-order valence-corrected chi connectivity index (χ4v) is 3.75. The monoisotopic (exact) mass is 456 g/mol. The molecule has 4 rings (SSSR count). The van der Waals surface area contributed by atoms with Crippen LogP contribution < -0.4 is 14.8 Å². The lowest BCUT2D eigenvalue weighted by molar-refractivity contribution is 0.102. The van der Waals surface area contributed by atoms with Crippen molar-refractivity contribution in [2.75, 3.05) is 19.5 Å². The Hall–Kier alpha value is -3.29. The quantitative estimate of drug-likeness (QED) is 0.419. The standard InChI is InChI=1S/C22H18Cl2N4O3/c1-30-16-6-4-3-5-12(16)9-18-26-19-13(7-8-17(31-2)21(19)27-18)22(29)28-20-14(23)10-25-11-15(20)24/h3-8,10-11H,9H2,1-2H3,(H,26,27)(H,25,28,29). The number of ether oxygens (including phenoxy) is 2. The SMILES string of the molecule is COc1ccccc1Cc1nc2c(C(=O)Nc3c(Cl)cncc3Cl)ccc(OC)c2[nH]1. The molecule has 31 heavy (non-hydrogen) atoms. The normalized spacial score (nSPS) is 10.8. The predicted molar refractivity (Wildman–Crippen MR) is 121 cm³/mol. The molecule has 9 heteroatoms. The van der Waals surface area contributed by atoms with E-state index in [0.717, 1.165) is 11.3 Å². The smallest absolute Gasteiger partial charge is 0.258 e. The number of nitrogens with zero attached hydrogens (tertiary/aromatic N) is 2. The second-order valence-electron chi connectivity index (χ2n) is 6.64. The van der Waals surface area contributed by atoms with Crippen molar-refractivity contribution in [2.24, 2.45) is 0 Å². The van der Waals surface area contributed by atoms with E-state index in [-0.39, 0.29) is 15.7 Å². The first-order valence-corrected chi connectivity index (χ1v) is 10.0. The number of imidazole rings is 1. The molecule has 0 aliphatic rings. The summed E-state index contributed by atoms with van der Waals surface area (Å²) < 4.78 is 10.9. The summed E-state index contributed by atoms with van der Waals surface area (Å²) in [6.45, 7) is 0. The fourth-order valence-electron chi connectivity index (χ4n) is 3.29. The van der Waals surface area contributed by atoms with Gasteiger partial charge in [-0.05, 0) is 18.2 Å². The largest absolute Gasteiger partial charge is 0.496 e. The van der Waals surface area contributed by atoms with Crippen molar-refractivity contribution >= 4 is 45.8 Å². The van der Waals surface area contributed by atoms with E-state index >= 15 is 0 Å². The highest BCUT2D eigenvalue weighted by Gasteiger charge is 2.20. The molecule has 2 heterocycles. The lowest BCUT2D eigenvalue weighted by atomic mass is 10.1. The number of pyridine rings is 1. The fraction of sp³-hybridized carbons (Fsp3) is 0.136. The zero-order valence-corrected chi connectivity index (χ0v) is 18.2. The van der Waals surface area contributed by atoms with Gasteiger partial charge < -0.3 is 19.8 Å². The van der Waals surface area contributed by atoms with E-state index in [1.54, 1.807) is 26.4 Å². The molecular formula is C22H18Cl2N4O3. The summed E-state index contributed by atoms with van der Waals surface area (Å²) >= 11 is 12.3. The van der Waals surface area contributed by atoms with Crippen LogP contribution in [0.15, 0.2) is 48.8 Å². The van der Waals surface area contributed by atoms with Crippen LogP contribution in [-0.4, -0.2) is 35.1 Å². The minimum Gasteiger partial charge on any atom is -0.496 e. The van der Waals surface area contributed by atoms with E-state index in [1.807, 2.05) is 24.3 Å². The summed E-state index contributed by atoms with van der Waals surface area (Å²) in [4.78, 5) is 24.9. The molecule has 0 bridgehead atoms. The Morgan fingerprint density at radius 3 is 2.45 bits per heavy atom. The van der Waals surface area contributed by atoms with E-state index in [0.29, 0.717) is 34.6 Å². The third kappa shape index (κ3) is 4.15. The summed E-state index contributed by atoms with van der Waals surface area (Å²) in [5, 5.41) is 3.22. The van der Waals surface area contributed by atoms with Crippen LogP contribution >= 0.6 is 23.2 Å². The van der Waals surface area contributed by atoms with Crippen molar-refractivity contribution in [3.8, 4) is 11.5 Å². The van der Waals surface area contributed by atoms with Crippen molar-refractivity contribution in [3.05, 3.63) is 75.8 Å². The molecule has 2 aromatic carbocycles. The van der Waals surface area contributed by atoms with Crippen LogP contribution in [0.2, 0.25) is 10.0 Å². The third-order valence-electron chi connectivity index (χ3n) is 4.76. The molecule has 158 valence electrons. The number of hydrogen-bond acceptors (Lipinski definition) is 5. The molecule has 7 nitrogen and oxygen atoms in total. The molecular weight excluding hydrogens is 439 g/mol. The lowest BCUT2D eigenvalue weighted by Gasteiger charge is -2.10. The summed E-state index contributed by atoms with van der Waals surface area (Å²) in [6, 6.07) is 11.0. The summed E-state index contributed by atoms with van der Waals surface area (Å²) in [7, 11) is 3.18. The number of amides is 1. The first-order valence-electron chi connectivity index (χ1n) is 9.29. The van der Waals surface area contributed by atoms with E-state index in [2.05, 4.69) is 20.3 Å². The van der Waals surface area contributed by atoms with E-state index in [1.165, 1.54) is 12.4 Å². The molecule has 0 aliphatic carbocycles. The van der Waals surface area contributed by atoms with E-state index in [9.17, 15) is 4.79 Å². The number of aromatic nitrogens is 3. The Kier molecular flexibility index (Phi) is 5.97. The van der Waals surface area contributed by atoms with Gasteiger partial charge in [0.05, 0.1) is 35.5 Å². The van der Waals surface area contributed by atoms with E-state index < -0.39 is 5.91 Å². The first kappa shape index (κ1) is 21.0. The number of H-pyrrole nitrogens is 1. The number of rotatable bonds is 6. The maximum Gasteiger partial charge on any atom is 0.258 e. The van der Waals surface area contributed by atoms with Crippen LogP contribution in [-0.2, 0) is 6.42 Å². The molecule has 0 atom stereocenters. The molecule has 0 fully saturated rings. The Morgan fingerprint density at radius 1 is 1.03 bits per heavy atom. The van der Waals surface area contributed by atoms with Gasteiger partial charge in [0, 0.05) is 24.4 Å². The lowest BCUT2D eigenvalue weighted by Crippen LogP contribution is -2.13. The topological polar surface area (TPSA) is 89.1 Å². The number of halogens is 2. The van der Waals surface area contributed by atoms with Crippen molar-refractivity contribution in [2.45, 2.75) is 6.42 Å². The number of fused-ring (bicyclic) bond motifs is 1. The summed E-state index contributed by atoms with van der Waals surface area (Å²) in [5.74, 6) is 1.59. The average Bonchev–Trinajstić information content (AvgIpc) is 3.19. The van der Waals surface area contributed by atoms with Gasteiger partial charge in [0.1, 0.15) is 28.4 Å². The third-order valence-corrected chi connectivity index (χ3v) is 5.34. The average molecular weight is 457 g/mol. The van der Waals surface area contributed by atoms with Gasteiger partial charge in [-0.25, -0.2) is 4.98 Å². The molecule has 2 aromatic heterocycles. The van der Waals surface area contributed by atoms with Crippen LogP contribution in [0.3, 0.4) is 0 Å². The molecule has 0 aliphatic heterocycles. The van der Waals surface area contributed by atoms with Gasteiger partial charge >= 0.3 is 0 Å². The number of aromatic amines is 1. The number of hydrogen-bond donors (Lipinski definition) is 2. The molecule has 0 spiro atoms. The van der Waals surface area contributed by atoms with Gasteiger partial charge in [-0.2, -0.15) is 0 Å². The number of nitrogens with one attached hydrogen (secondary N) is 2. The van der Waals surface area contributed by atoms with Gasteiger partial charge in [0.15, 0.2) is 0 Å². The molecule has 1 amide bonds. The molecule has 0 saturated heterocycles. The number of anilines is 1. The number of benzene rings is 2. The van der Waals surface area contributed by atoms with Crippen molar-refractivity contribution in [1.82, 2.24) is 15.0 Å². The Morgan fingerprint density at radius 2 is 1.74 bits per heavy atom. The number of methoxy groups -OCH3 is 2. The van der Waals surface area contributed by atoms with Crippen molar-refractivity contribution in [1.29, 1.82) is 0 Å². The number of carbonyl (C=O) groups is 1. The molecule has 2 N–H and O–H groups in total. The highest BCUT2D eigenvalue weighted by molar-refractivity contribution is 6.39. The summed E-state index contributed by atoms with van der Waals surface area (Å²) in [5.41, 5.74) is 2.69. The predicted octanol–water partition coefficient (Wildman–Crippen LogP) is 5.13. The van der Waals surface area contributed by atoms with Crippen LogP contribution in [0.4, 0.5) is 5.69 Å². The first-order chi connectivity index (χ1) is 15.0. The van der Waals surface area contributed by atoms with Crippen LogP contribution in [0.1, 0.15) is 21.7 Å². The molecule has 0 saturated carbocycles. The molecule has 0 radical (unpaired) electrons. The van der Waals surface area contributed by atoms with Gasteiger partial charge in [-0.15, -0.1) is 0 Å². The maximum absolute atomic E-state index is 13.0. The van der Waals surface area contributed by atoms with Gasteiger partial charge in [0.25, 0.3) is 5.91 Å². The Balaban J connectivity index is 1.74. The maximum atomic E-state index is 13.0. The zero-order chi connectivity index (χ0) is 22.0.